The Morgan fingerprint density at radius 1 is 1.00 bits per heavy atom. The summed E-state index contributed by atoms with van der Waals surface area (Å²) in [5.41, 5.74) is -0.740. The lowest BCUT2D eigenvalue weighted by molar-refractivity contribution is -0.137. The van der Waals surface area contributed by atoms with Gasteiger partial charge in [0.05, 0.1) is 5.56 Å². The van der Waals surface area contributed by atoms with Crippen LogP contribution in [0.25, 0.3) is 0 Å². The average Bonchev–Trinajstić information content (AvgIpc) is 2.60. The maximum absolute atomic E-state index is 13.3. The van der Waals surface area contributed by atoms with Crippen molar-refractivity contribution in [3.05, 3.63) is 65.2 Å². The van der Waals surface area contributed by atoms with E-state index in [0.29, 0.717) is 0 Å². The molecule has 0 bridgehead atoms. The van der Waals surface area contributed by atoms with Crippen molar-refractivity contribution in [2.45, 2.75) is 13.1 Å². The van der Waals surface area contributed by atoms with Crippen LogP contribution in [0.4, 0.5) is 27.6 Å². The van der Waals surface area contributed by atoms with E-state index in [4.69, 9.17) is 0 Å². The molecule has 0 aromatic heterocycles. The van der Waals surface area contributed by atoms with Gasteiger partial charge in [-0.1, -0.05) is 0 Å². The summed E-state index contributed by atoms with van der Waals surface area (Å²) in [6.07, 6.45) is -4.50. The maximum atomic E-state index is 13.3. The first-order valence-corrected chi connectivity index (χ1v) is 7.78. The molecule has 4 nitrogen and oxygen atoms in total. The third-order valence-corrected chi connectivity index (χ3v) is 3.69. The van der Waals surface area contributed by atoms with Gasteiger partial charge in [-0.25, -0.2) is 8.78 Å². The van der Waals surface area contributed by atoms with E-state index in [-0.39, 0.29) is 24.3 Å². The third-order valence-electron chi connectivity index (χ3n) is 3.69. The van der Waals surface area contributed by atoms with Gasteiger partial charge in [-0.05, 0) is 36.4 Å². The number of carbonyl (C=O) groups is 2. The zero-order valence-electron chi connectivity index (χ0n) is 14.1. The highest BCUT2D eigenvalue weighted by Crippen LogP contribution is 2.29. The Hall–Kier alpha value is -2.97. The number of hydrogen-bond donors (Lipinski definition) is 1. The van der Waals surface area contributed by atoms with Crippen molar-refractivity contribution in [2.24, 2.45) is 0 Å². The van der Waals surface area contributed by atoms with E-state index in [0.717, 1.165) is 41.3 Å². The van der Waals surface area contributed by atoms with Gasteiger partial charge in [0.15, 0.2) is 11.6 Å². The smallest absolute Gasteiger partial charge is 0.350 e. The molecule has 2 aromatic carbocycles. The molecule has 0 aliphatic heterocycles. The summed E-state index contributed by atoms with van der Waals surface area (Å²) in [7, 11) is 0. The largest absolute Gasteiger partial charge is 0.416 e. The third kappa shape index (κ3) is 5.25. The van der Waals surface area contributed by atoms with Crippen LogP contribution in [0.2, 0.25) is 0 Å². The molecule has 1 N–H and O–H groups in total. The highest BCUT2D eigenvalue weighted by atomic mass is 19.4. The van der Waals surface area contributed by atoms with Crippen LogP contribution in [0.3, 0.4) is 0 Å². The Bertz CT molecular complexity index is 835. The summed E-state index contributed by atoms with van der Waals surface area (Å²) in [6.45, 7) is 1.14. The number of nitrogens with one attached hydrogen (secondary N) is 1. The summed E-state index contributed by atoms with van der Waals surface area (Å²) in [6, 6.07) is 6.61. The molecule has 27 heavy (non-hydrogen) atoms. The molecule has 0 saturated heterocycles. The minimum absolute atomic E-state index is 0.0187. The molecule has 2 rings (SSSR count). The van der Waals surface area contributed by atoms with Gasteiger partial charge < -0.3 is 10.2 Å². The van der Waals surface area contributed by atoms with Crippen LogP contribution in [0.5, 0.6) is 0 Å². The topological polar surface area (TPSA) is 49.4 Å². The normalized spacial score (nSPS) is 11.2. The van der Waals surface area contributed by atoms with Crippen molar-refractivity contribution >= 4 is 17.5 Å². The highest BCUT2D eigenvalue weighted by molar-refractivity contribution is 5.94. The first kappa shape index (κ1) is 20.3. The fourth-order valence-corrected chi connectivity index (χ4v) is 2.32. The van der Waals surface area contributed by atoms with Gasteiger partial charge in [-0.15, -0.1) is 0 Å². The number of amides is 2. The SMILES string of the molecule is CC(=O)N(CCNC(=O)c1ccc(C(F)(F)F)cc1)c1ccc(F)c(F)c1. The van der Waals surface area contributed by atoms with Gasteiger partial charge in [0.25, 0.3) is 5.91 Å². The van der Waals surface area contributed by atoms with E-state index in [2.05, 4.69) is 5.32 Å². The first-order valence-electron chi connectivity index (χ1n) is 7.78. The summed E-state index contributed by atoms with van der Waals surface area (Å²) < 4.78 is 63.9. The van der Waals surface area contributed by atoms with Crippen LogP contribution >= 0.6 is 0 Å². The van der Waals surface area contributed by atoms with Crippen molar-refractivity contribution in [3.8, 4) is 0 Å². The fourth-order valence-electron chi connectivity index (χ4n) is 2.32. The van der Waals surface area contributed by atoms with Gasteiger partial charge in [0, 0.05) is 37.3 Å². The van der Waals surface area contributed by atoms with Crippen molar-refractivity contribution in [1.29, 1.82) is 0 Å². The van der Waals surface area contributed by atoms with Crippen LogP contribution in [-0.2, 0) is 11.0 Å². The monoisotopic (exact) mass is 386 g/mol. The lowest BCUT2D eigenvalue weighted by atomic mass is 10.1. The molecule has 2 amide bonds. The number of nitrogens with zero attached hydrogens (tertiary/aromatic N) is 1. The van der Waals surface area contributed by atoms with Gasteiger partial charge in [-0.2, -0.15) is 13.2 Å². The molecular weight excluding hydrogens is 371 g/mol. The zero-order valence-corrected chi connectivity index (χ0v) is 14.1. The van der Waals surface area contributed by atoms with Gasteiger partial charge >= 0.3 is 6.18 Å². The van der Waals surface area contributed by atoms with Gasteiger partial charge in [-0.3, -0.25) is 9.59 Å². The quantitative estimate of drug-likeness (QED) is 0.796. The Morgan fingerprint density at radius 2 is 1.63 bits per heavy atom. The Balaban J connectivity index is 1.99. The molecule has 144 valence electrons. The van der Waals surface area contributed by atoms with E-state index in [1.54, 1.807) is 0 Å². The second-order valence-electron chi connectivity index (χ2n) is 5.60. The second kappa shape index (κ2) is 8.15. The number of benzene rings is 2. The summed E-state index contributed by atoms with van der Waals surface area (Å²) in [5, 5.41) is 2.46. The number of hydrogen-bond acceptors (Lipinski definition) is 2. The number of carbonyl (C=O) groups excluding carboxylic acids is 2. The molecule has 0 saturated carbocycles. The standard InChI is InChI=1S/C18H15F5N2O2/c1-11(26)25(14-6-7-15(19)16(20)10-14)9-8-24-17(27)12-2-4-13(5-3-12)18(21,22)23/h2-7,10H,8-9H2,1H3,(H,24,27). The predicted octanol–water partition coefficient (Wildman–Crippen LogP) is 3.77. The molecule has 2 aromatic rings. The molecule has 0 unspecified atom stereocenters. The molecule has 0 fully saturated rings. The molecule has 0 heterocycles. The summed E-state index contributed by atoms with van der Waals surface area (Å²) >= 11 is 0. The molecule has 0 radical (unpaired) electrons. The zero-order chi connectivity index (χ0) is 20.2. The van der Waals surface area contributed by atoms with E-state index in [9.17, 15) is 31.5 Å². The van der Waals surface area contributed by atoms with Crippen molar-refractivity contribution in [3.63, 3.8) is 0 Å². The molecule has 0 spiro atoms. The van der Waals surface area contributed by atoms with Crippen LogP contribution in [0, 0.1) is 11.6 Å². The minimum Gasteiger partial charge on any atom is -0.350 e. The maximum Gasteiger partial charge on any atom is 0.416 e. The van der Waals surface area contributed by atoms with E-state index >= 15 is 0 Å². The Kier molecular flexibility index (Phi) is 6.14. The van der Waals surface area contributed by atoms with Crippen LogP contribution in [-0.4, -0.2) is 24.9 Å². The van der Waals surface area contributed by atoms with Crippen LogP contribution in [0.15, 0.2) is 42.5 Å². The lowest BCUT2D eigenvalue weighted by Gasteiger charge is -2.21. The van der Waals surface area contributed by atoms with E-state index in [1.807, 2.05) is 0 Å². The summed E-state index contributed by atoms with van der Waals surface area (Å²) in [5.74, 6) is -3.26. The molecule has 9 heteroatoms. The Morgan fingerprint density at radius 3 is 2.15 bits per heavy atom. The van der Waals surface area contributed by atoms with Crippen molar-refractivity contribution in [2.75, 3.05) is 18.0 Å². The predicted molar refractivity (Wildman–Crippen MR) is 88.2 cm³/mol. The second-order valence-corrected chi connectivity index (χ2v) is 5.60. The summed E-state index contributed by atoms with van der Waals surface area (Å²) in [4.78, 5) is 24.8. The van der Waals surface area contributed by atoms with E-state index < -0.39 is 35.2 Å². The number of anilines is 1. The van der Waals surface area contributed by atoms with Crippen LogP contribution in [0.1, 0.15) is 22.8 Å². The molecule has 0 aliphatic rings. The Labute approximate surface area is 151 Å². The van der Waals surface area contributed by atoms with E-state index in [1.165, 1.54) is 13.0 Å². The van der Waals surface area contributed by atoms with Gasteiger partial charge in [0.2, 0.25) is 5.91 Å². The average molecular weight is 386 g/mol. The fraction of sp³-hybridized carbons (Fsp3) is 0.222. The van der Waals surface area contributed by atoms with Gasteiger partial charge in [0.1, 0.15) is 0 Å². The minimum atomic E-state index is -4.50. The van der Waals surface area contributed by atoms with Crippen LogP contribution < -0.4 is 10.2 Å². The number of rotatable bonds is 5. The number of alkyl halides is 3. The van der Waals surface area contributed by atoms with Crippen molar-refractivity contribution < 1.29 is 31.5 Å². The number of halogens is 5. The molecular formula is C18H15F5N2O2. The van der Waals surface area contributed by atoms with Crippen molar-refractivity contribution in [1.82, 2.24) is 5.32 Å². The lowest BCUT2D eigenvalue weighted by Crippen LogP contribution is -2.37. The molecule has 0 atom stereocenters. The first-order chi connectivity index (χ1) is 12.6. The highest BCUT2D eigenvalue weighted by Gasteiger charge is 2.30. The molecule has 0 aliphatic carbocycles.